The second-order valence-corrected chi connectivity index (χ2v) is 3.18. The first-order valence-electron chi connectivity index (χ1n) is 4.59. The van der Waals surface area contributed by atoms with Crippen molar-refractivity contribution in [3.63, 3.8) is 0 Å². The Bertz CT molecular complexity index is 405. The molecule has 0 fully saturated rings. The Morgan fingerprint density at radius 1 is 1.47 bits per heavy atom. The summed E-state index contributed by atoms with van der Waals surface area (Å²) in [7, 11) is 0. The first-order valence-corrected chi connectivity index (χ1v) is 4.59. The average Bonchev–Trinajstić information content (AvgIpc) is 2.17. The summed E-state index contributed by atoms with van der Waals surface area (Å²) in [5, 5.41) is 8.81. The fraction of sp³-hybridized carbons (Fsp3) is 0.167. The van der Waals surface area contributed by atoms with Crippen molar-refractivity contribution >= 4 is 18.3 Å². The lowest BCUT2D eigenvalue weighted by molar-refractivity contribution is -0.107. The van der Waals surface area contributed by atoms with E-state index in [0.29, 0.717) is 12.0 Å². The highest BCUT2D eigenvalue weighted by atomic mass is 16.4. The van der Waals surface area contributed by atoms with Gasteiger partial charge < -0.3 is 9.90 Å². The predicted molar refractivity (Wildman–Crippen MR) is 57.9 cm³/mol. The number of carbonyl (C=O) groups excluding carboxylic acids is 1. The second kappa shape index (κ2) is 5.10. The molecule has 0 amide bonds. The Hall–Kier alpha value is -1.90. The smallest absolute Gasteiger partial charge is 0.335 e. The number of carboxylic acids is 1. The maximum atomic E-state index is 10.7. The third-order valence-electron chi connectivity index (χ3n) is 2.02. The third-order valence-corrected chi connectivity index (χ3v) is 2.02. The number of rotatable bonds is 4. The van der Waals surface area contributed by atoms with E-state index in [1.165, 1.54) is 0 Å². The van der Waals surface area contributed by atoms with Gasteiger partial charge in [0.15, 0.2) is 0 Å². The topological polar surface area (TPSA) is 54.4 Å². The van der Waals surface area contributed by atoms with Gasteiger partial charge in [-0.1, -0.05) is 24.3 Å². The van der Waals surface area contributed by atoms with Gasteiger partial charge in [-0.2, -0.15) is 0 Å². The van der Waals surface area contributed by atoms with Gasteiger partial charge in [0.25, 0.3) is 0 Å². The summed E-state index contributed by atoms with van der Waals surface area (Å²) in [6.07, 6.45) is 4.73. The summed E-state index contributed by atoms with van der Waals surface area (Å²) in [5.41, 5.74) is 1.93. The van der Waals surface area contributed by atoms with E-state index in [4.69, 9.17) is 5.11 Å². The standard InChI is InChI=1S/C12H12O3/c1-9-8-10(4-2-3-7-13)5-6-11(9)12(14)15/h2,4-8H,3H2,1H3,(H,14,15). The van der Waals surface area contributed by atoms with Crippen LogP contribution < -0.4 is 0 Å². The van der Waals surface area contributed by atoms with E-state index < -0.39 is 5.97 Å². The molecule has 1 aromatic rings. The summed E-state index contributed by atoms with van der Waals surface area (Å²) < 4.78 is 0. The summed E-state index contributed by atoms with van der Waals surface area (Å²) in [6.45, 7) is 1.75. The molecule has 0 atom stereocenters. The Balaban J connectivity index is 2.91. The average molecular weight is 204 g/mol. The molecule has 0 saturated heterocycles. The Morgan fingerprint density at radius 2 is 2.20 bits per heavy atom. The molecule has 0 spiro atoms. The number of benzene rings is 1. The van der Waals surface area contributed by atoms with Crippen LogP contribution in [0.5, 0.6) is 0 Å². The molecule has 0 radical (unpaired) electrons. The predicted octanol–water partition coefficient (Wildman–Crippen LogP) is 2.30. The van der Waals surface area contributed by atoms with E-state index in [0.717, 1.165) is 17.4 Å². The second-order valence-electron chi connectivity index (χ2n) is 3.18. The van der Waals surface area contributed by atoms with E-state index in [-0.39, 0.29) is 0 Å². The van der Waals surface area contributed by atoms with Crippen LogP contribution in [0, 0.1) is 6.92 Å². The molecule has 1 aromatic carbocycles. The van der Waals surface area contributed by atoms with Crippen LogP contribution in [0.1, 0.15) is 27.9 Å². The Labute approximate surface area is 88.0 Å². The highest BCUT2D eigenvalue weighted by Crippen LogP contribution is 2.12. The largest absolute Gasteiger partial charge is 0.478 e. The van der Waals surface area contributed by atoms with E-state index in [1.807, 2.05) is 0 Å². The quantitative estimate of drug-likeness (QED) is 0.765. The molecule has 78 valence electrons. The SMILES string of the molecule is Cc1cc(C=CCC=O)ccc1C(=O)O. The van der Waals surface area contributed by atoms with Gasteiger partial charge >= 0.3 is 5.97 Å². The number of aryl methyl sites for hydroxylation is 1. The molecule has 1 N–H and O–H groups in total. The van der Waals surface area contributed by atoms with Crippen molar-refractivity contribution in [3.8, 4) is 0 Å². The Kier molecular flexibility index (Phi) is 3.80. The minimum atomic E-state index is -0.920. The zero-order valence-electron chi connectivity index (χ0n) is 8.43. The van der Waals surface area contributed by atoms with Gasteiger partial charge in [0, 0.05) is 6.42 Å². The third kappa shape index (κ3) is 3.06. The van der Waals surface area contributed by atoms with E-state index in [9.17, 15) is 9.59 Å². The van der Waals surface area contributed by atoms with Crippen LogP contribution in [-0.4, -0.2) is 17.4 Å². The number of carbonyl (C=O) groups is 2. The first-order chi connectivity index (χ1) is 7.15. The fourth-order valence-electron chi connectivity index (χ4n) is 1.29. The molecule has 0 aliphatic rings. The van der Waals surface area contributed by atoms with E-state index in [2.05, 4.69) is 0 Å². The Morgan fingerprint density at radius 3 is 2.73 bits per heavy atom. The van der Waals surface area contributed by atoms with Gasteiger partial charge in [0.1, 0.15) is 6.29 Å². The van der Waals surface area contributed by atoms with Crippen molar-refractivity contribution in [3.05, 3.63) is 41.0 Å². The fourth-order valence-corrected chi connectivity index (χ4v) is 1.29. The van der Waals surface area contributed by atoms with Crippen molar-refractivity contribution < 1.29 is 14.7 Å². The molecule has 0 bridgehead atoms. The van der Waals surface area contributed by atoms with Crippen molar-refractivity contribution in [2.75, 3.05) is 0 Å². The summed E-state index contributed by atoms with van der Waals surface area (Å²) in [5.74, 6) is -0.920. The maximum absolute atomic E-state index is 10.7. The van der Waals surface area contributed by atoms with E-state index >= 15 is 0 Å². The molecule has 0 aromatic heterocycles. The van der Waals surface area contributed by atoms with Gasteiger partial charge in [-0.15, -0.1) is 0 Å². The van der Waals surface area contributed by atoms with Crippen LogP contribution in [0.15, 0.2) is 24.3 Å². The van der Waals surface area contributed by atoms with Crippen molar-refractivity contribution in [1.29, 1.82) is 0 Å². The number of aldehydes is 1. The highest BCUT2D eigenvalue weighted by molar-refractivity contribution is 5.89. The van der Waals surface area contributed by atoms with Gasteiger partial charge in [-0.05, 0) is 24.1 Å². The molecule has 1 rings (SSSR count). The highest BCUT2D eigenvalue weighted by Gasteiger charge is 2.05. The molecule has 0 aliphatic carbocycles. The molecule has 0 unspecified atom stereocenters. The van der Waals surface area contributed by atoms with Gasteiger partial charge in [-0.25, -0.2) is 4.79 Å². The molecule has 3 heteroatoms. The van der Waals surface area contributed by atoms with Crippen molar-refractivity contribution in [1.82, 2.24) is 0 Å². The molecule has 15 heavy (non-hydrogen) atoms. The molecule has 0 heterocycles. The van der Waals surface area contributed by atoms with Crippen molar-refractivity contribution in [2.45, 2.75) is 13.3 Å². The van der Waals surface area contributed by atoms with Gasteiger partial charge in [0.05, 0.1) is 5.56 Å². The lowest BCUT2D eigenvalue weighted by Gasteiger charge is -2.01. The molecule has 3 nitrogen and oxygen atoms in total. The molecule has 0 saturated carbocycles. The van der Waals surface area contributed by atoms with E-state index in [1.54, 1.807) is 37.3 Å². The molecule has 0 aliphatic heterocycles. The molecular formula is C12H12O3. The zero-order chi connectivity index (χ0) is 11.3. The lowest BCUT2D eigenvalue weighted by atomic mass is 10.0. The number of hydrogen-bond acceptors (Lipinski definition) is 2. The van der Waals surface area contributed by atoms with Crippen LogP contribution in [0.25, 0.3) is 6.08 Å². The first kappa shape index (κ1) is 11.2. The number of carboxylic acid groups (broad SMARTS) is 1. The number of aromatic carboxylic acids is 1. The minimum absolute atomic E-state index is 0.308. The summed E-state index contributed by atoms with van der Waals surface area (Å²) in [4.78, 5) is 20.8. The van der Waals surface area contributed by atoms with Crippen LogP contribution in [0.2, 0.25) is 0 Å². The molecular weight excluding hydrogens is 192 g/mol. The normalized spacial score (nSPS) is 10.5. The van der Waals surface area contributed by atoms with Gasteiger partial charge in [-0.3, -0.25) is 0 Å². The maximum Gasteiger partial charge on any atom is 0.335 e. The summed E-state index contributed by atoms with van der Waals surface area (Å²) in [6, 6.07) is 5.07. The van der Waals surface area contributed by atoms with Gasteiger partial charge in [0.2, 0.25) is 0 Å². The van der Waals surface area contributed by atoms with Crippen LogP contribution >= 0.6 is 0 Å². The van der Waals surface area contributed by atoms with Crippen molar-refractivity contribution in [2.24, 2.45) is 0 Å². The summed E-state index contributed by atoms with van der Waals surface area (Å²) >= 11 is 0. The monoisotopic (exact) mass is 204 g/mol. The number of allylic oxidation sites excluding steroid dienone is 1. The number of hydrogen-bond donors (Lipinski definition) is 1. The lowest BCUT2D eigenvalue weighted by Crippen LogP contribution is -1.99. The van der Waals surface area contributed by atoms with Crippen LogP contribution in [0.4, 0.5) is 0 Å². The van der Waals surface area contributed by atoms with Crippen LogP contribution in [0.3, 0.4) is 0 Å². The van der Waals surface area contributed by atoms with Crippen LogP contribution in [-0.2, 0) is 4.79 Å². The zero-order valence-corrected chi connectivity index (χ0v) is 8.43. The minimum Gasteiger partial charge on any atom is -0.478 e.